The van der Waals surface area contributed by atoms with Crippen LogP contribution in [-0.2, 0) is 52.3 Å². The number of rotatable bonds is 24. The zero-order valence-corrected chi connectivity index (χ0v) is 35.0. The van der Waals surface area contributed by atoms with Gasteiger partial charge in [-0.2, -0.15) is 0 Å². The minimum absolute atomic E-state index is 0.0409. The zero-order valence-electron chi connectivity index (χ0n) is 35.0. The predicted molar refractivity (Wildman–Crippen MR) is 204 cm³/mol. The number of esters is 3. The average Bonchev–Trinajstić information content (AvgIpc) is 3.23. The van der Waals surface area contributed by atoms with Gasteiger partial charge in [0.05, 0.1) is 25.7 Å². The molecule has 3 aliphatic heterocycles. The third-order valence-electron chi connectivity index (χ3n) is 11.3. The molecule has 0 aromatic heterocycles. The Morgan fingerprint density at radius 3 is 1.66 bits per heavy atom. The summed E-state index contributed by atoms with van der Waals surface area (Å²) >= 11 is 0. The van der Waals surface area contributed by atoms with Crippen LogP contribution in [0.25, 0.3) is 0 Å². The Kier molecular flexibility index (Phi) is 22.4. The maximum Gasteiger partial charge on any atom is 0.309 e. The van der Waals surface area contributed by atoms with Gasteiger partial charge in [0, 0.05) is 12.8 Å². The zero-order chi connectivity index (χ0) is 43.8. The van der Waals surface area contributed by atoms with Crippen LogP contribution in [0.4, 0.5) is 0 Å². The van der Waals surface area contributed by atoms with Gasteiger partial charge < -0.3 is 78.7 Å². The fraction of sp³-hybridized carbons (Fsp3) is 0.925. The SMILES string of the molecule is CCCCCCCCCC(=O)O[C@@H]1C(CO[C@H]2OC(CO)[C@H](O)[C@H](O)C2O)O[C@H](O[C@H]2OC(CO)[C@@H](O)[C@H](O)C2O)C(OC(=O)CCC(C)CC)[C@H]1OC(=O)C(C)CC. The van der Waals surface area contributed by atoms with Crippen LogP contribution in [0.5, 0.6) is 0 Å². The van der Waals surface area contributed by atoms with Crippen molar-refractivity contribution in [2.24, 2.45) is 11.8 Å². The number of unbranched alkanes of at least 4 members (excludes halogenated alkanes) is 6. The largest absolute Gasteiger partial charge is 0.455 e. The Hall–Kier alpha value is -2.11. The second-order valence-corrected chi connectivity index (χ2v) is 16.0. The lowest BCUT2D eigenvalue weighted by molar-refractivity contribution is -0.381. The molecule has 0 aliphatic carbocycles. The van der Waals surface area contributed by atoms with E-state index in [9.17, 15) is 55.2 Å². The van der Waals surface area contributed by atoms with Gasteiger partial charge in [-0.1, -0.05) is 79.6 Å². The summed E-state index contributed by atoms with van der Waals surface area (Å²) in [6.07, 6.45) is -17.8. The Morgan fingerprint density at radius 2 is 1.08 bits per heavy atom. The molecule has 0 aromatic rings. The van der Waals surface area contributed by atoms with Crippen molar-refractivity contribution in [3.63, 3.8) is 0 Å². The van der Waals surface area contributed by atoms with Gasteiger partial charge in [0.25, 0.3) is 0 Å². The average molecular weight is 855 g/mol. The standard InChI is InChI=1S/C40H70O19/c1-6-9-10-11-12-13-14-15-26(43)56-34-25(20-52-38-32(49)30(47)28(45)23(18-41)53-38)55-40(59-39-33(50)31(48)29(46)24(19-42)54-39)36(35(34)58-37(51)22(5)8-3)57-27(44)17-16-21(4)7-2/h21-25,28-36,38-42,45-50H,6-20H2,1-5H3/t21?,22?,23?,24?,25?,28-,29+,30-,31-,32?,33?,34+,35-,36?,38-,39+,40+/m0/s1. The van der Waals surface area contributed by atoms with Crippen LogP contribution in [0.2, 0.25) is 0 Å². The van der Waals surface area contributed by atoms with E-state index in [0.717, 1.165) is 44.9 Å². The number of aliphatic hydroxyl groups is 8. The van der Waals surface area contributed by atoms with Crippen molar-refractivity contribution in [1.82, 2.24) is 0 Å². The quantitative estimate of drug-likeness (QED) is 0.0363. The Bertz CT molecular complexity index is 1240. The Labute approximate surface area is 346 Å². The first-order valence-electron chi connectivity index (χ1n) is 21.2. The molecule has 344 valence electrons. The summed E-state index contributed by atoms with van der Waals surface area (Å²) in [5.74, 6) is -2.82. The summed E-state index contributed by atoms with van der Waals surface area (Å²) in [6.45, 7) is 7.13. The molecule has 0 aromatic carbocycles. The van der Waals surface area contributed by atoms with Crippen molar-refractivity contribution in [2.75, 3.05) is 19.8 Å². The van der Waals surface area contributed by atoms with Crippen molar-refractivity contribution in [1.29, 1.82) is 0 Å². The van der Waals surface area contributed by atoms with Gasteiger partial charge in [0.1, 0.15) is 54.9 Å². The van der Waals surface area contributed by atoms with Crippen molar-refractivity contribution in [3.05, 3.63) is 0 Å². The molecular weight excluding hydrogens is 784 g/mol. The third-order valence-corrected chi connectivity index (χ3v) is 11.3. The summed E-state index contributed by atoms with van der Waals surface area (Å²) in [5, 5.41) is 82.9. The summed E-state index contributed by atoms with van der Waals surface area (Å²) in [5.41, 5.74) is 0. The van der Waals surface area contributed by atoms with Crippen LogP contribution in [0, 0.1) is 11.8 Å². The van der Waals surface area contributed by atoms with Crippen LogP contribution in [0.15, 0.2) is 0 Å². The number of carbonyl (C=O) groups excluding carboxylic acids is 3. The van der Waals surface area contributed by atoms with E-state index in [1.165, 1.54) is 0 Å². The minimum atomic E-state index is -1.94. The lowest BCUT2D eigenvalue weighted by Crippen LogP contribution is -2.66. The molecule has 17 atom stereocenters. The molecule has 0 spiro atoms. The first-order chi connectivity index (χ1) is 28.1. The molecule has 3 fully saturated rings. The molecule has 8 N–H and O–H groups in total. The Morgan fingerprint density at radius 1 is 0.559 bits per heavy atom. The first-order valence-corrected chi connectivity index (χ1v) is 21.2. The molecule has 0 saturated carbocycles. The second kappa shape index (κ2) is 25.7. The van der Waals surface area contributed by atoms with Gasteiger partial charge in [0.2, 0.25) is 6.29 Å². The van der Waals surface area contributed by atoms with Gasteiger partial charge >= 0.3 is 17.9 Å². The van der Waals surface area contributed by atoms with Crippen molar-refractivity contribution in [2.45, 2.75) is 204 Å². The molecule has 3 aliphatic rings. The molecule has 0 bridgehead atoms. The molecular formula is C40H70O19. The number of carbonyl (C=O) groups is 3. The summed E-state index contributed by atoms with van der Waals surface area (Å²) in [4.78, 5) is 40.7. The van der Waals surface area contributed by atoms with E-state index in [1.807, 2.05) is 13.8 Å². The van der Waals surface area contributed by atoms with E-state index < -0.39 is 136 Å². The van der Waals surface area contributed by atoms with Crippen LogP contribution < -0.4 is 0 Å². The normalized spacial score (nSPS) is 36.1. The lowest BCUT2D eigenvalue weighted by atomic mass is 9.96. The van der Waals surface area contributed by atoms with E-state index in [0.29, 0.717) is 19.3 Å². The molecule has 8 unspecified atom stereocenters. The number of aliphatic hydroxyl groups excluding tert-OH is 8. The number of hydrogen-bond donors (Lipinski definition) is 8. The van der Waals surface area contributed by atoms with E-state index in [-0.39, 0.29) is 18.8 Å². The van der Waals surface area contributed by atoms with E-state index in [4.69, 9.17) is 37.9 Å². The highest BCUT2D eigenvalue weighted by Crippen LogP contribution is 2.35. The highest BCUT2D eigenvalue weighted by atomic mass is 16.8. The van der Waals surface area contributed by atoms with Gasteiger partial charge in [-0.3, -0.25) is 14.4 Å². The molecule has 59 heavy (non-hydrogen) atoms. The van der Waals surface area contributed by atoms with Gasteiger partial charge in [-0.05, 0) is 25.2 Å². The number of hydrogen-bond acceptors (Lipinski definition) is 19. The highest BCUT2D eigenvalue weighted by Gasteiger charge is 2.56. The van der Waals surface area contributed by atoms with E-state index in [2.05, 4.69) is 6.92 Å². The summed E-state index contributed by atoms with van der Waals surface area (Å²) in [6, 6.07) is 0. The summed E-state index contributed by atoms with van der Waals surface area (Å²) < 4.78 is 47.1. The van der Waals surface area contributed by atoms with Gasteiger partial charge in [-0.15, -0.1) is 0 Å². The van der Waals surface area contributed by atoms with Crippen LogP contribution >= 0.6 is 0 Å². The molecule has 3 heterocycles. The molecule has 19 nitrogen and oxygen atoms in total. The highest BCUT2D eigenvalue weighted by molar-refractivity contribution is 5.73. The van der Waals surface area contributed by atoms with Crippen LogP contribution in [0.3, 0.4) is 0 Å². The molecule has 3 rings (SSSR count). The predicted octanol–water partition coefficient (Wildman–Crippen LogP) is 0.0928. The van der Waals surface area contributed by atoms with E-state index >= 15 is 0 Å². The lowest BCUT2D eigenvalue weighted by Gasteiger charge is -2.47. The van der Waals surface area contributed by atoms with Crippen LogP contribution in [0.1, 0.15) is 112 Å². The fourth-order valence-electron chi connectivity index (χ4n) is 6.86. The first kappa shape index (κ1) is 51.2. The molecule has 3 saturated heterocycles. The molecule has 0 amide bonds. The van der Waals surface area contributed by atoms with Crippen molar-refractivity contribution >= 4 is 17.9 Å². The monoisotopic (exact) mass is 854 g/mol. The van der Waals surface area contributed by atoms with Crippen LogP contribution in [-0.4, -0.2) is 171 Å². The molecule has 0 radical (unpaired) electrons. The topological polar surface area (TPSA) is 287 Å². The Balaban J connectivity index is 2.06. The smallest absolute Gasteiger partial charge is 0.309 e. The van der Waals surface area contributed by atoms with Gasteiger partial charge in [-0.25, -0.2) is 0 Å². The molecule has 19 heteroatoms. The maximum absolute atomic E-state index is 13.6. The maximum atomic E-state index is 13.6. The second-order valence-electron chi connectivity index (χ2n) is 16.0. The van der Waals surface area contributed by atoms with Crippen molar-refractivity contribution in [3.8, 4) is 0 Å². The third kappa shape index (κ3) is 14.8. The van der Waals surface area contributed by atoms with Crippen molar-refractivity contribution < 1.29 is 93.1 Å². The minimum Gasteiger partial charge on any atom is -0.455 e. The van der Waals surface area contributed by atoms with E-state index in [1.54, 1.807) is 13.8 Å². The fourth-order valence-corrected chi connectivity index (χ4v) is 6.86. The number of ether oxygens (including phenoxy) is 8. The van der Waals surface area contributed by atoms with Gasteiger partial charge in [0.15, 0.2) is 30.9 Å². The summed E-state index contributed by atoms with van der Waals surface area (Å²) in [7, 11) is 0.